The van der Waals surface area contributed by atoms with E-state index in [2.05, 4.69) is 11.8 Å². The highest BCUT2D eigenvalue weighted by Crippen LogP contribution is 2.25. The van der Waals surface area contributed by atoms with Crippen LogP contribution >= 0.6 is 0 Å². The minimum absolute atomic E-state index is 0.0779. The molecule has 2 N–H and O–H groups in total. The molecule has 4 nitrogen and oxygen atoms in total. The third-order valence-corrected chi connectivity index (χ3v) is 5.74. The molecule has 2 saturated heterocycles. The molecule has 2 fully saturated rings. The normalized spacial score (nSPS) is 24.3. The first-order valence-corrected chi connectivity index (χ1v) is 9.54. The van der Waals surface area contributed by atoms with Gasteiger partial charge in [-0.2, -0.15) is 0 Å². The molecule has 1 aromatic carbocycles. The standard InChI is InChI=1S/C20H30FN3O/c1-15(22)17-7-10-24(11-8-17)20(25)18-5-3-9-23(14-18)13-16-4-2-6-19(21)12-16/h2,4,6,12,15,17-18H,3,5,7-11,13-14,22H2,1H3. The molecule has 0 aliphatic carbocycles. The van der Waals surface area contributed by atoms with Crippen molar-refractivity contribution in [2.24, 2.45) is 17.6 Å². The van der Waals surface area contributed by atoms with Gasteiger partial charge in [-0.3, -0.25) is 9.69 Å². The molecule has 25 heavy (non-hydrogen) atoms. The number of carbonyl (C=O) groups is 1. The summed E-state index contributed by atoms with van der Waals surface area (Å²) in [5.74, 6) is 0.722. The molecule has 2 aliphatic heterocycles. The molecule has 0 radical (unpaired) electrons. The monoisotopic (exact) mass is 347 g/mol. The predicted octanol–water partition coefficient (Wildman–Crippen LogP) is 2.62. The van der Waals surface area contributed by atoms with Gasteiger partial charge < -0.3 is 10.6 Å². The molecule has 5 heteroatoms. The third-order valence-electron chi connectivity index (χ3n) is 5.74. The molecular weight excluding hydrogens is 317 g/mol. The predicted molar refractivity (Wildman–Crippen MR) is 97.4 cm³/mol. The van der Waals surface area contributed by atoms with Crippen LogP contribution in [-0.4, -0.2) is 47.9 Å². The average Bonchev–Trinajstić information content (AvgIpc) is 2.61. The van der Waals surface area contributed by atoms with Crippen molar-refractivity contribution in [2.75, 3.05) is 26.2 Å². The van der Waals surface area contributed by atoms with E-state index < -0.39 is 0 Å². The van der Waals surface area contributed by atoms with Gasteiger partial charge in [0.15, 0.2) is 0 Å². The quantitative estimate of drug-likeness (QED) is 0.911. The van der Waals surface area contributed by atoms with Crippen LogP contribution in [0, 0.1) is 17.7 Å². The Balaban J connectivity index is 1.53. The minimum atomic E-state index is -0.195. The summed E-state index contributed by atoms with van der Waals surface area (Å²) in [7, 11) is 0. The zero-order valence-corrected chi connectivity index (χ0v) is 15.2. The lowest BCUT2D eigenvalue weighted by Crippen LogP contribution is -2.48. The highest BCUT2D eigenvalue weighted by atomic mass is 19.1. The first-order valence-electron chi connectivity index (χ1n) is 9.54. The summed E-state index contributed by atoms with van der Waals surface area (Å²) in [6.45, 7) is 6.22. The minimum Gasteiger partial charge on any atom is -0.342 e. The van der Waals surface area contributed by atoms with E-state index in [-0.39, 0.29) is 17.8 Å². The van der Waals surface area contributed by atoms with E-state index in [1.165, 1.54) is 6.07 Å². The first-order chi connectivity index (χ1) is 12.0. The summed E-state index contributed by atoms with van der Waals surface area (Å²) in [4.78, 5) is 17.2. The summed E-state index contributed by atoms with van der Waals surface area (Å²) in [5, 5.41) is 0. The molecule has 0 saturated carbocycles. The van der Waals surface area contributed by atoms with Crippen LogP contribution in [0.25, 0.3) is 0 Å². The third kappa shape index (κ3) is 4.79. The van der Waals surface area contributed by atoms with Crippen LogP contribution in [0.5, 0.6) is 0 Å². The Bertz CT molecular complexity index is 584. The number of nitrogens with zero attached hydrogens (tertiary/aromatic N) is 2. The Morgan fingerprint density at radius 3 is 2.72 bits per heavy atom. The number of amides is 1. The molecule has 2 heterocycles. The Labute approximate surface area is 150 Å². The number of rotatable bonds is 4. The number of benzene rings is 1. The van der Waals surface area contributed by atoms with Crippen molar-refractivity contribution in [1.82, 2.24) is 9.80 Å². The van der Waals surface area contributed by atoms with Gasteiger partial charge in [0.05, 0.1) is 5.92 Å². The van der Waals surface area contributed by atoms with Gasteiger partial charge >= 0.3 is 0 Å². The van der Waals surface area contributed by atoms with E-state index in [9.17, 15) is 9.18 Å². The van der Waals surface area contributed by atoms with Crippen molar-refractivity contribution in [2.45, 2.75) is 45.2 Å². The molecule has 1 aromatic rings. The number of nitrogens with two attached hydrogens (primary N) is 1. The maximum absolute atomic E-state index is 13.4. The molecule has 0 spiro atoms. The Kier molecular flexibility index (Phi) is 6.07. The van der Waals surface area contributed by atoms with Crippen molar-refractivity contribution >= 4 is 5.91 Å². The van der Waals surface area contributed by atoms with Gasteiger partial charge in [-0.25, -0.2) is 4.39 Å². The van der Waals surface area contributed by atoms with Crippen molar-refractivity contribution in [3.05, 3.63) is 35.6 Å². The summed E-state index contributed by atoms with van der Waals surface area (Å²) in [6.07, 6.45) is 4.03. The van der Waals surface area contributed by atoms with E-state index in [1.807, 2.05) is 11.0 Å². The van der Waals surface area contributed by atoms with Gasteiger partial charge in [0.1, 0.15) is 5.82 Å². The number of halogens is 1. The Morgan fingerprint density at radius 2 is 2.04 bits per heavy atom. The van der Waals surface area contributed by atoms with Gasteiger partial charge in [0.2, 0.25) is 5.91 Å². The van der Waals surface area contributed by atoms with Crippen LogP contribution in [0.4, 0.5) is 4.39 Å². The second-order valence-electron chi connectivity index (χ2n) is 7.73. The van der Waals surface area contributed by atoms with E-state index in [0.717, 1.165) is 57.4 Å². The van der Waals surface area contributed by atoms with Crippen molar-refractivity contribution < 1.29 is 9.18 Å². The van der Waals surface area contributed by atoms with Crippen molar-refractivity contribution in [3.8, 4) is 0 Å². The van der Waals surface area contributed by atoms with Crippen LogP contribution in [0.3, 0.4) is 0 Å². The molecule has 0 bridgehead atoms. The van der Waals surface area contributed by atoms with E-state index in [0.29, 0.717) is 18.4 Å². The second-order valence-corrected chi connectivity index (χ2v) is 7.73. The number of likely N-dealkylation sites (tertiary alicyclic amines) is 2. The fourth-order valence-corrected chi connectivity index (χ4v) is 4.20. The van der Waals surface area contributed by atoms with Crippen molar-refractivity contribution in [1.29, 1.82) is 0 Å². The summed E-state index contributed by atoms with van der Waals surface area (Å²) >= 11 is 0. The average molecular weight is 347 g/mol. The molecule has 138 valence electrons. The van der Waals surface area contributed by atoms with E-state index >= 15 is 0 Å². The number of carbonyl (C=O) groups excluding carboxylic acids is 1. The van der Waals surface area contributed by atoms with Crippen LogP contribution in [0.1, 0.15) is 38.2 Å². The second kappa shape index (κ2) is 8.28. The van der Waals surface area contributed by atoms with E-state index in [1.54, 1.807) is 12.1 Å². The van der Waals surface area contributed by atoms with Crippen LogP contribution < -0.4 is 5.73 Å². The number of hydrogen-bond acceptors (Lipinski definition) is 3. The molecule has 2 aliphatic rings. The lowest BCUT2D eigenvalue weighted by molar-refractivity contribution is -0.139. The largest absolute Gasteiger partial charge is 0.342 e. The smallest absolute Gasteiger partial charge is 0.226 e. The summed E-state index contributed by atoms with van der Waals surface area (Å²) < 4.78 is 13.4. The maximum atomic E-state index is 13.4. The highest BCUT2D eigenvalue weighted by Gasteiger charge is 2.32. The van der Waals surface area contributed by atoms with Crippen molar-refractivity contribution in [3.63, 3.8) is 0 Å². The van der Waals surface area contributed by atoms with Gasteiger partial charge in [-0.15, -0.1) is 0 Å². The summed E-state index contributed by atoms with van der Waals surface area (Å²) in [5.41, 5.74) is 6.97. The first kappa shape index (κ1) is 18.3. The van der Waals surface area contributed by atoms with Crippen LogP contribution in [0.15, 0.2) is 24.3 Å². The Morgan fingerprint density at radius 1 is 1.28 bits per heavy atom. The lowest BCUT2D eigenvalue weighted by Gasteiger charge is -2.38. The molecule has 0 aromatic heterocycles. The van der Waals surface area contributed by atoms with Crippen LogP contribution in [0.2, 0.25) is 0 Å². The topological polar surface area (TPSA) is 49.6 Å². The Hall–Kier alpha value is -1.46. The lowest BCUT2D eigenvalue weighted by atomic mass is 9.89. The maximum Gasteiger partial charge on any atom is 0.226 e. The summed E-state index contributed by atoms with van der Waals surface area (Å²) in [6, 6.07) is 6.98. The number of hydrogen-bond donors (Lipinski definition) is 1. The van der Waals surface area contributed by atoms with Gasteiger partial charge in [0, 0.05) is 32.2 Å². The van der Waals surface area contributed by atoms with Crippen LogP contribution in [-0.2, 0) is 11.3 Å². The molecular formula is C20H30FN3O. The van der Waals surface area contributed by atoms with Gasteiger partial charge in [-0.1, -0.05) is 12.1 Å². The highest BCUT2D eigenvalue weighted by molar-refractivity contribution is 5.79. The SMILES string of the molecule is CC(N)C1CCN(C(=O)C2CCCN(Cc3cccc(F)c3)C2)CC1. The molecule has 2 unspecified atom stereocenters. The fraction of sp³-hybridized carbons (Fsp3) is 0.650. The zero-order valence-electron chi connectivity index (χ0n) is 15.2. The van der Waals surface area contributed by atoms with Gasteiger partial charge in [-0.05, 0) is 62.8 Å². The molecule has 2 atom stereocenters. The molecule has 3 rings (SSSR count). The van der Waals surface area contributed by atoms with E-state index in [4.69, 9.17) is 5.73 Å². The zero-order chi connectivity index (χ0) is 17.8. The van der Waals surface area contributed by atoms with Gasteiger partial charge in [0.25, 0.3) is 0 Å². The number of piperidine rings is 2. The molecule has 1 amide bonds. The fourth-order valence-electron chi connectivity index (χ4n) is 4.20.